The van der Waals surface area contributed by atoms with Crippen molar-refractivity contribution in [3.05, 3.63) is 53.7 Å². The van der Waals surface area contributed by atoms with Crippen LogP contribution in [0.4, 0.5) is 5.82 Å². The maximum atomic E-state index is 5.76. The minimum atomic E-state index is 0. The molecule has 0 saturated carbocycles. The molecule has 31 heavy (non-hydrogen) atoms. The summed E-state index contributed by atoms with van der Waals surface area (Å²) >= 11 is 0. The van der Waals surface area contributed by atoms with Crippen LogP contribution in [0.15, 0.2) is 47.6 Å². The first-order valence-electron chi connectivity index (χ1n) is 10.7. The molecule has 0 spiro atoms. The highest BCUT2D eigenvalue weighted by Crippen LogP contribution is 2.15. The fourth-order valence-corrected chi connectivity index (χ4v) is 3.21. The summed E-state index contributed by atoms with van der Waals surface area (Å²) in [6, 6.07) is 12.2. The number of anilines is 1. The number of halogens is 1. The number of aromatic nitrogens is 1. The third-order valence-corrected chi connectivity index (χ3v) is 4.82. The second-order valence-electron chi connectivity index (χ2n) is 7.44. The minimum absolute atomic E-state index is 0. The second-order valence-corrected chi connectivity index (χ2v) is 7.44. The molecule has 2 N–H and O–H groups in total. The van der Waals surface area contributed by atoms with Gasteiger partial charge in [-0.1, -0.05) is 23.8 Å². The minimum Gasteiger partial charge on any atom is -0.492 e. The number of rotatable bonds is 8. The predicted octanol–water partition coefficient (Wildman–Crippen LogP) is 3.37. The van der Waals surface area contributed by atoms with E-state index in [0.29, 0.717) is 19.7 Å². The Hall–Kier alpha value is -2.07. The summed E-state index contributed by atoms with van der Waals surface area (Å²) < 4.78 is 11.4. The molecule has 0 radical (unpaired) electrons. The van der Waals surface area contributed by atoms with Gasteiger partial charge in [0.15, 0.2) is 5.96 Å². The fourth-order valence-electron chi connectivity index (χ4n) is 3.21. The van der Waals surface area contributed by atoms with Gasteiger partial charge in [-0.05, 0) is 44.5 Å². The Balaban J connectivity index is 0.00000341. The molecule has 3 rings (SSSR count). The van der Waals surface area contributed by atoms with Crippen LogP contribution in [-0.4, -0.2) is 56.4 Å². The molecular formula is C23H34IN5O2. The zero-order valence-electron chi connectivity index (χ0n) is 18.6. The van der Waals surface area contributed by atoms with Gasteiger partial charge >= 0.3 is 0 Å². The quantitative estimate of drug-likeness (QED) is 0.232. The van der Waals surface area contributed by atoms with Gasteiger partial charge in [-0.25, -0.2) is 9.98 Å². The van der Waals surface area contributed by atoms with Crippen LogP contribution >= 0.6 is 24.0 Å². The zero-order valence-corrected chi connectivity index (χ0v) is 21.0. The first-order chi connectivity index (χ1) is 14.6. The van der Waals surface area contributed by atoms with E-state index in [2.05, 4.69) is 58.4 Å². The SMILES string of the molecule is CCNC(=NCc1ccc(N2CCOC(C)C2)nc1)NCCOc1ccc(C)cc1.I. The lowest BCUT2D eigenvalue weighted by molar-refractivity contribution is 0.0529. The normalized spacial score (nSPS) is 16.4. The van der Waals surface area contributed by atoms with E-state index in [1.54, 1.807) is 0 Å². The Bertz CT molecular complexity index is 799. The summed E-state index contributed by atoms with van der Waals surface area (Å²) in [5.74, 6) is 2.65. The average Bonchev–Trinajstić information content (AvgIpc) is 2.76. The molecule has 1 unspecified atom stereocenters. The largest absolute Gasteiger partial charge is 0.492 e. The van der Waals surface area contributed by atoms with Crippen LogP contribution in [0.5, 0.6) is 5.75 Å². The van der Waals surface area contributed by atoms with Crippen molar-refractivity contribution in [2.24, 2.45) is 4.99 Å². The third kappa shape index (κ3) is 8.53. The average molecular weight is 539 g/mol. The summed E-state index contributed by atoms with van der Waals surface area (Å²) in [7, 11) is 0. The molecule has 170 valence electrons. The van der Waals surface area contributed by atoms with E-state index in [9.17, 15) is 0 Å². The van der Waals surface area contributed by atoms with Crippen LogP contribution < -0.4 is 20.3 Å². The van der Waals surface area contributed by atoms with E-state index in [4.69, 9.17) is 9.47 Å². The number of nitrogens with one attached hydrogen (secondary N) is 2. The third-order valence-electron chi connectivity index (χ3n) is 4.82. The zero-order chi connectivity index (χ0) is 21.2. The number of benzene rings is 1. The van der Waals surface area contributed by atoms with Crippen molar-refractivity contribution in [3.8, 4) is 5.75 Å². The highest BCUT2D eigenvalue weighted by molar-refractivity contribution is 14.0. The summed E-state index contributed by atoms with van der Waals surface area (Å²) in [6.45, 7) is 11.3. The molecule has 2 heterocycles. The van der Waals surface area contributed by atoms with Crippen molar-refractivity contribution in [2.45, 2.75) is 33.4 Å². The lowest BCUT2D eigenvalue weighted by Gasteiger charge is -2.32. The van der Waals surface area contributed by atoms with Crippen LogP contribution in [0.3, 0.4) is 0 Å². The Morgan fingerprint density at radius 1 is 1.23 bits per heavy atom. The van der Waals surface area contributed by atoms with Gasteiger partial charge in [0, 0.05) is 25.8 Å². The summed E-state index contributed by atoms with van der Waals surface area (Å²) in [6.07, 6.45) is 2.15. The monoisotopic (exact) mass is 539 g/mol. The Morgan fingerprint density at radius 2 is 2.03 bits per heavy atom. The number of morpholine rings is 1. The Kier molecular flexibility index (Phi) is 10.9. The van der Waals surface area contributed by atoms with E-state index in [1.165, 1.54) is 5.56 Å². The number of guanidine groups is 1. The lowest BCUT2D eigenvalue weighted by Crippen LogP contribution is -2.41. The number of nitrogens with zero attached hydrogens (tertiary/aromatic N) is 3. The van der Waals surface area contributed by atoms with Crippen LogP contribution in [-0.2, 0) is 11.3 Å². The van der Waals surface area contributed by atoms with Crippen LogP contribution in [0.25, 0.3) is 0 Å². The van der Waals surface area contributed by atoms with Crippen LogP contribution in [0, 0.1) is 6.92 Å². The van der Waals surface area contributed by atoms with E-state index in [-0.39, 0.29) is 30.1 Å². The van der Waals surface area contributed by atoms with Gasteiger partial charge in [-0.2, -0.15) is 0 Å². The summed E-state index contributed by atoms with van der Waals surface area (Å²) in [5.41, 5.74) is 2.30. The maximum Gasteiger partial charge on any atom is 0.191 e. The molecule has 1 atom stereocenters. The van der Waals surface area contributed by atoms with Crippen molar-refractivity contribution >= 4 is 35.8 Å². The van der Waals surface area contributed by atoms with Gasteiger partial charge in [0.25, 0.3) is 0 Å². The van der Waals surface area contributed by atoms with Gasteiger partial charge in [-0.15, -0.1) is 24.0 Å². The molecule has 2 aromatic rings. The van der Waals surface area contributed by atoms with Crippen molar-refractivity contribution in [1.29, 1.82) is 0 Å². The van der Waals surface area contributed by atoms with Crippen molar-refractivity contribution in [3.63, 3.8) is 0 Å². The molecule has 7 nitrogen and oxygen atoms in total. The summed E-state index contributed by atoms with van der Waals surface area (Å²) in [5, 5.41) is 6.58. The van der Waals surface area contributed by atoms with Crippen molar-refractivity contribution in [1.82, 2.24) is 15.6 Å². The molecule has 1 fully saturated rings. The molecule has 0 bridgehead atoms. The number of ether oxygens (including phenoxy) is 2. The second kappa shape index (κ2) is 13.4. The van der Waals surface area contributed by atoms with Gasteiger partial charge in [-0.3, -0.25) is 0 Å². The predicted molar refractivity (Wildman–Crippen MR) is 137 cm³/mol. The highest BCUT2D eigenvalue weighted by Gasteiger charge is 2.17. The van der Waals surface area contributed by atoms with Gasteiger partial charge in [0.1, 0.15) is 18.2 Å². The highest BCUT2D eigenvalue weighted by atomic mass is 127. The smallest absolute Gasteiger partial charge is 0.191 e. The molecule has 1 aromatic carbocycles. The van der Waals surface area contributed by atoms with Gasteiger partial charge < -0.3 is 25.0 Å². The number of hydrogen-bond acceptors (Lipinski definition) is 5. The van der Waals surface area contributed by atoms with E-state index in [0.717, 1.165) is 49.3 Å². The van der Waals surface area contributed by atoms with Gasteiger partial charge in [0.2, 0.25) is 0 Å². The van der Waals surface area contributed by atoms with E-state index >= 15 is 0 Å². The molecule has 1 saturated heterocycles. The lowest BCUT2D eigenvalue weighted by atomic mass is 10.2. The molecule has 1 aliphatic heterocycles. The fraction of sp³-hybridized carbons (Fsp3) is 0.478. The van der Waals surface area contributed by atoms with Crippen LogP contribution in [0.1, 0.15) is 25.0 Å². The van der Waals surface area contributed by atoms with Gasteiger partial charge in [0.05, 0.1) is 25.8 Å². The van der Waals surface area contributed by atoms with E-state index < -0.39 is 0 Å². The van der Waals surface area contributed by atoms with Crippen LogP contribution in [0.2, 0.25) is 0 Å². The molecule has 8 heteroatoms. The Morgan fingerprint density at radius 3 is 2.71 bits per heavy atom. The molecule has 0 amide bonds. The Labute approximate surface area is 202 Å². The molecule has 1 aromatic heterocycles. The maximum absolute atomic E-state index is 5.76. The number of pyridine rings is 1. The van der Waals surface area contributed by atoms with Crippen molar-refractivity contribution in [2.75, 3.05) is 44.3 Å². The molecular weight excluding hydrogens is 505 g/mol. The first kappa shape index (κ1) is 25.2. The van der Waals surface area contributed by atoms with Crippen molar-refractivity contribution < 1.29 is 9.47 Å². The number of aliphatic imine (C=N–C) groups is 1. The standard InChI is InChI=1S/C23H33N5O2.HI/c1-4-24-23(25-11-13-30-21-8-5-18(2)6-9-21)27-16-20-7-10-22(26-15-20)28-12-14-29-19(3)17-28;/h5-10,15,19H,4,11-14,16-17H2,1-3H3,(H2,24,25,27);1H. The number of aryl methyl sites for hydroxylation is 1. The topological polar surface area (TPSA) is 71.0 Å². The molecule has 0 aliphatic carbocycles. The number of hydrogen-bond donors (Lipinski definition) is 2. The summed E-state index contributed by atoms with van der Waals surface area (Å²) in [4.78, 5) is 11.5. The molecule has 1 aliphatic rings. The van der Waals surface area contributed by atoms with E-state index in [1.807, 2.05) is 30.5 Å². The first-order valence-corrected chi connectivity index (χ1v) is 10.7.